The number of hydrogen-bond donors (Lipinski definition) is 0. The molecule has 1 aliphatic rings. The topological polar surface area (TPSA) is 0 Å². The van der Waals surface area contributed by atoms with Gasteiger partial charge >= 0.3 is 0 Å². The van der Waals surface area contributed by atoms with Gasteiger partial charge in [0.05, 0.1) is 0 Å². The van der Waals surface area contributed by atoms with E-state index in [4.69, 9.17) is 0 Å². The summed E-state index contributed by atoms with van der Waals surface area (Å²) in [7, 11) is 0. The second-order valence-corrected chi connectivity index (χ2v) is 8.11. The highest BCUT2D eigenvalue weighted by Gasteiger charge is 2.35. The lowest BCUT2D eigenvalue weighted by atomic mass is 9.64. The Kier molecular flexibility index (Phi) is 6.82. The quantitative estimate of drug-likeness (QED) is 0.482. The predicted molar refractivity (Wildman–Crippen MR) is 91.9 cm³/mol. The first-order valence-electron chi connectivity index (χ1n) is 9.00. The molecule has 1 aliphatic carbocycles. The Morgan fingerprint density at radius 1 is 1.10 bits per heavy atom. The minimum absolute atomic E-state index is 0.505. The van der Waals surface area contributed by atoms with Crippen molar-refractivity contribution >= 4 is 0 Å². The molecule has 0 aromatic heterocycles. The van der Waals surface area contributed by atoms with Crippen molar-refractivity contribution in [3.63, 3.8) is 0 Å². The molecule has 118 valence electrons. The minimum Gasteiger partial charge on any atom is -0.0882 e. The van der Waals surface area contributed by atoms with E-state index in [2.05, 4.69) is 54.5 Å². The van der Waals surface area contributed by atoms with Crippen LogP contribution in [0.1, 0.15) is 87.0 Å². The summed E-state index contributed by atoms with van der Waals surface area (Å²) in [5, 5.41) is 0. The molecule has 1 rings (SSSR count). The van der Waals surface area contributed by atoms with Crippen LogP contribution in [0.4, 0.5) is 0 Å². The first-order chi connectivity index (χ1) is 9.35. The fraction of sp³-hybridized carbons (Fsp3) is 0.900. The van der Waals surface area contributed by atoms with Crippen molar-refractivity contribution in [1.29, 1.82) is 0 Å². The highest BCUT2D eigenvalue weighted by atomic mass is 14.4. The first-order valence-corrected chi connectivity index (χ1v) is 9.00. The van der Waals surface area contributed by atoms with E-state index in [1.807, 2.05) is 0 Å². The first kappa shape index (κ1) is 17.8. The number of allylic oxidation sites excluding steroid dienone is 2. The van der Waals surface area contributed by atoms with E-state index in [0.29, 0.717) is 5.41 Å². The standard InChI is InChI=1S/C20H38/c1-8-15(4)19(16(9-2)10-3)17-11-13-18(14-12-17)20(5,6)7/h9,15,17-19H,8,10-14H2,1-7H3/b16-9-. The van der Waals surface area contributed by atoms with Crippen molar-refractivity contribution in [2.24, 2.45) is 29.1 Å². The summed E-state index contributed by atoms with van der Waals surface area (Å²) < 4.78 is 0. The third kappa shape index (κ3) is 4.37. The smallest absolute Gasteiger partial charge is 0.0149 e. The van der Waals surface area contributed by atoms with Gasteiger partial charge in [-0.1, -0.05) is 59.6 Å². The van der Waals surface area contributed by atoms with Gasteiger partial charge in [0.2, 0.25) is 0 Å². The molecule has 1 saturated carbocycles. The number of rotatable bonds is 5. The Bertz CT molecular complexity index is 296. The molecule has 0 N–H and O–H groups in total. The molecular formula is C20H38. The van der Waals surface area contributed by atoms with E-state index in [-0.39, 0.29) is 0 Å². The summed E-state index contributed by atoms with van der Waals surface area (Å²) in [6.07, 6.45) is 10.8. The lowest BCUT2D eigenvalue weighted by molar-refractivity contribution is 0.115. The van der Waals surface area contributed by atoms with Crippen molar-refractivity contribution < 1.29 is 0 Å². The molecule has 0 aromatic rings. The van der Waals surface area contributed by atoms with Crippen LogP contribution in [-0.4, -0.2) is 0 Å². The van der Waals surface area contributed by atoms with Crippen LogP contribution >= 0.6 is 0 Å². The van der Waals surface area contributed by atoms with Crippen LogP contribution in [0, 0.1) is 29.1 Å². The van der Waals surface area contributed by atoms with E-state index in [9.17, 15) is 0 Å². The molecule has 2 unspecified atom stereocenters. The maximum absolute atomic E-state index is 2.47. The van der Waals surface area contributed by atoms with Crippen LogP contribution in [-0.2, 0) is 0 Å². The van der Waals surface area contributed by atoms with Gasteiger partial charge in [0.25, 0.3) is 0 Å². The van der Waals surface area contributed by atoms with Crippen molar-refractivity contribution in [2.75, 3.05) is 0 Å². The van der Waals surface area contributed by atoms with Gasteiger partial charge in [-0.15, -0.1) is 0 Å². The Morgan fingerprint density at radius 2 is 1.65 bits per heavy atom. The van der Waals surface area contributed by atoms with Crippen LogP contribution in [0.25, 0.3) is 0 Å². The predicted octanol–water partition coefficient (Wildman–Crippen LogP) is 6.86. The van der Waals surface area contributed by atoms with Crippen molar-refractivity contribution in [1.82, 2.24) is 0 Å². The molecule has 1 fully saturated rings. The summed E-state index contributed by atoms with van der Waals surface area (Å²) in [4.78, 5) is 0. The zero-order chi connectivity index (χ0) is 15.3. The molecule has 0 nitrogen and oxygen atoms in total. The maximum Gasteiger partial charge on any atom is -0.0149 e. The average Bonchev–Trinajstić information content (AvgIpc) is 2.43. The van der Waals surface area contributed by atoms with Gasteiger partial charge in [0.15, 0.2) is 0 Å². The van der Waals surface area contributed by atoms with Crippen molar-refractivity contribution in [3.05, 3.63) is 11.6 Å². The SMILES string of the molecule is C/C=C(/CC)C(C(C)CC)C1CCC(C(C)(C)C)CC1. The molecule has 0 radical (unpaired) electrons. The zero-order valence-electron chi connectivity index (χ0n) is 15.1. The normalized spacial score (nSPS) is 28.2. The fourth-order valence-corrected chi connectivity index (χ4v) is 4.36. The molecule has 0 aliphatic heterocycles. The summed E-state index contributed by atoms with van der Waals surface area (Å²) in [5.74, 6) is 3.56. The Labute approximate surface area is 128 Å². The van der Waals surface area contributed by atoms with Crippen LogP contribution in [0.3, 0.4) is 0 Å². The molecular weight excluding hydrogens is 240 g/mol. The highest BCUT2D eigenvalue weighted by Crippen LogP contribution is 2.45. The molecule has 2 atom stereocenters. The molecule has 20 heavy (non-hydrogen) atoms. The fourth-order valence-electron chi connectivity index (χ4n) is 4.36. The highest BCUT2D eigenvalue weighted by molar-refractivity contribution is 5.09. The zero-order valence-corrected chi connectivity index (χ0v) is 15.1. The summed E-state index contributed by atoms with van der Waals surface area (Å²) in [6, 6.07) is 0. The molecule has 0 heterocycles. The Hall–Kier alpha value is -0.260. The van der Waals surface area contributed by atoms with Crippen LogP contribution in [0.5, 0.6) is 0 Å². The van der Waals surface area contributed by atoms with E-state index < -0.39 is 0 Å². The monoisotopic (exact) mass is 278 g/mol. The molecule has 0 aromatic carbocycles. The lowest BCUT2D eigenvalue weighted by Gasteiger charge is -2.42. The molecule has 0 amide bonds. The second kappa shape index (κ2) is 7.66. The van der Waals surface area contributed by atoms with Crippen molar-refractivity contribution in [2.45, 2.75) is 87.0 Å². The maximum atomic E-state index is 2.47. The van der Waals surface area contributed by atoms with Crippen LogP contribution < -0.4 is 0 Å². The van der Waals surface area contributed by atoms with E-state index >= 15 is 0 Å². The van der Waals surface area contributed by atoms with Gasteiger partial charge in [-0.3, -0.25) is 0 Å². The van der Waals surface area contributed by atoms with Crippen LogP contribution in [0.2, 0.25) is 0 Å². The van der Waals surface area contributed by atoms with E-state index in [1.165, 1.54) is 38.5 Å². The lowest BCUT2D eigenvalue weighted by Crippen LogP contribution is -2.31. The van der Waals surface area contributed by atoms with E-state index in [0.717, 1.165) is 23.7 Å². The number of hydrogen-bond acceptors (Lipinski definition) is 0. The molecule has 0 spiro atoms. The molecule has 0 bridgehead atoms. The second-order valence-electron chi connectivity index (χ2n) is 8.11. The Morgan fingerprint density at radius 3 is 2.00 bits per heavy atom. The van der Waals surface area contributed by atoms with Gasteiger partial charge in [0.1, 0.15) is 0 Å². The summed E-state index contributed by atoms with van der Waals surface area (Å²) in [6.45, 7) is 16.7. The summed E-state index contributed by atoms with van der Waals surface area (Å²) >= 11 is 0. The van der Waals surface area contributed by atoms with Gasteiger partial charge < -0.3 is 0 Å². The summed E-state index contributed by atoms with van der Waals surface area (Å²) in [5.41, 5.74) is 2.23. The van der Waals surface area contributed by atoms with Gasteiger partial charge in [0, 0.05) is 0 Å². The largest absolute Gasteiger partial charge is 0.0882 e. The minimum atomic E-state index is 0.505. The molecule has 0 saturated heterocycles. The van der Waals surface area contributed by atoms with E-state index in [1.54, 1.807) is 5.57 Å². The van der Waals surface area contributed by atoms with Gasteiger partial charge in [-0.05, 0) is 68.1 Å². The van der Waals surface area contributed by atoms with Gasteiger partial charge in [-0.2, -0.15) is 0 Å². The molecule has 0 heteroatoms. The van der Waals surface area contributed by atoms with Crippen LogP contribution in [0.15, 0.2) is 11.6 Å². The third-order valence-electron chi connectivity index (χ3n) is 5.97. The van der Waals surface area contributed by atoms with Crippen molar-refractivity contribution in [3.8, 4) is 0 Å². The Balaban J connectivity index is 2.76. The van der Waals surface area contributed by atoms with Gasteiger partial charge in [-0.25, -0.2) is 0 Å². The average molecular weight is 279 g/mol. The third-order valence-corrected chi connectivity index (χ3v) is 5.97.